The van der Waals surface area contributed by atoms with Crippen molar-refractivity contribution in [2.75, 3.05) is 13.2 Å². The zero-order valence-electron chi connectivity index (χ0n) is 13.4. The van der Waals surface area contributed by atoms with Gasteiger partial charge in [-0.05, 0) is 30.5 Å². The lowest BCUT2D eigenvalue weighted by Crippen LogP contribution is -2.29. The summed E-state index contributed by atoms with van der Waals surface area (Å²) in [5.41, 5.74) is 3.91. The summed E-state index contributed by atoms with van der Waals surface area (Å²) >= 11 is 1.65. The van der Waals surface area contributed by atoms with E-state index in [1.165, 1.54) is 10.4 Å². The highest BCUT2D eigenvalue weighted by atomic mass is 32.1. The smallest absolute Gasteiger partial charge is 0.339 e. The number of pyridine rings is 1. The number of hydrogen-bond acceptors (Lipinski definition) is 6. The molecular formula is C17H18N4O2S. The van der Waals surface area contributed by atoms with Crippen LogP contribution in [0.4, 0.5) is 0 Å². The molecule has 0 saturated carbocycles. The second kappa shape index (κ2) is 6.33. The van der Waals surface area contributed by atoms with Crippen molar-refractivity contribution in [1.82, 2.24) is 20.1 Å². The van der Waals surface area contributed by atoms with E-state index in [4.69, 9.17) is 4.74 Å². The third kappa shape index (κ3) is 2.81. The molecule has 0 aliphatic carbocycles. The fourth-order valence-corrected chi connectivity index (χ4v) is 4.23. The van der Waals surface area contributed by atoms with E-state index in [0.717, 1.165) is 48.2 Å². The molecule has 0 radical (unpaired) electrons. The van der Waals surface area contributed by atoms with Crippen molar-refractivity contribution in [3.8, 4) is 0 Å². The fraction of sp³-hybridized carbons (Fsp3) is 0.353. The van der Waals surface area contributed by atoms with Gasteiger partial charge < -0.3 is 4.74 Å². The second-order valence-corrected chi connectivity index (χ2v) is 6.85. The number of carbonyl (C=O) groups is 1. The van der Waals surface area contributed by atoms with E-state index in [1.54, 1.807) is 17.5 Å². The Bertz CT molecular complexity index is 886. The molecule has 124 valence electrons. The summed E-state index contributed by atoms with van der Waals surface area (Å²) in [6.45, 7) is 4.89. The van der Waals surface area contributed by atoms with Crippen LogP contribution in [0.5, 0.6) is 0 Å². The topological polar surface area (TPSA) is 71.1 Å². The lowest BCUT2D eigenvalue weighted by atomic mass is 10.0. The summed E-state index contributed by atoms with van der Waals surface area (Å²) in [4.78, 5) is 20.0. The summed E-state index contributed by atoms with van der Waals surface area (Å²) in [7, 11) is 0. The zero-order valence-corrected chi connectivity index (χ0v) is 14.2. The van der Waals surface area contributed by atoms with Crippen molar-refractivity contribution in [3.05, 3.63) is 45.4 Å². The third-order valence-electron chi connectivity index (χ3n) is 4.28. The van der Waals surface area contributed by atoms with Gasteiger partial charge in [-0.2, -0.15) is 5.10 Å². The van der Waals surface area contributed by atoms with Crippen molar-refractivity contribution in [1.29, 1.82) is 0 Å². The van der Waals surface area contributed by atoms with Crippen LogP contribution in [0.1, 0.15) is 33.3 Å². The minimum absolute atomic E-state index is 0.196. The van der Waals surface area contributed by atoms with Crippen LogP contribution in [0.15, 0.2) is 23.8 Å². The van der Waals surface area contributed by atoms with Gasteiger partial charge in [-0.25, -0.2) is 9.78 Å². The van der Waals surface area contributed by atoms with Crippen LogP contribution in [-0.4, -0.2) is 39.2 Å². The molecule has 6 nitrogen and oxygen atoms in total. The van der Waals surface area contributed by atoms with E-state index in [1.807, 2.05) is 18.5 Å². The van der Waals surface area contributed by atoms with Crippen LogP contribution in [0, 0.1) is 0 Å². The average Bonchev–Trinajstić information content (AvgIpc) is 3.20. The third-order valence-corrected chi connectivity index (χ3v) is 5.29. The first-order valence-electron chi connectivity index (χ1n) is 8.01. The van der Waals surface area contributed by atoms with E-state index in [-0.39, 0.29) is 5.97 Å². The molecule has 0 fully saturated rings. The summed E-state index contributed by atoms with van der Waals surface area (Å²) in [6, 6.07) is 2.12. The van der Waals surface area contributed by atoms with E-state index in [9.17, 15) is 4.79 Å². The molecule has 0 spiro atoms. The van der Waals surface area contributed by atoms with E-state index >= 15 is 0 Å². The molecule has 0 aromatic carbocycles. The Kier molecular flexibility index (Phi) is 4.03. The predicted octanol–water partition coefficient (Wildman–Crippen LogP) is 2.75. The Morgan fingerprint density at radius 1 is 1.46 bits per heavy atom. The van der Waals surface area contributed by atoms with Crippen LogP contribution in [0.3, 0.4) is 0 Å². The van der Waals surface area contributed by atoms with E-state index in [2.05, 4.69) is 26.1 Å². The van der Waals surface area contributed by atoms with Crippen molar-refractivity contribution >= 4 is 28.3 Å². The highest BCUT2D eigenvalue weighted by Gasteiger charge is 2.24. The Morgan fingerprint density at radius 3 is 3.25 bits per heavy atom. The number of carbonyl (C=O) groups excluding carboxylic acids is 1. The molecule has 24 heavy (non-hydrogen) atoms. The maximum absolute atomic E-state index is 12.0. The van der Waals surface area contributed by atoms with Gasteiger partial charge in [0.25, 0.3) is 0 Å². The number of esters is 1. The normalized spacial score (nSPS) is 14.7. The lowest BCUT2D eigenvalue weighted by Gasteiger charge is -2.27. The molecule has 7 heteroatoms. The van der Waals surface area contributed by atoms with Gasteiger partial charge in [-0.3, -0.25) is 10.00 Å². The largest absolute Gasteiger partial charge is 0.462 e. The number of aromatic nitrogens is 3. The Morgan fingerprint density at radius 2 is 2.38 bits per heavy atom. The van der Waals surface area contributed by atoms with Gasteiger partial charge in [-0.15, -0.1) is 11.3 Å². The van der Waals surface area contributed by atoms with Gasteiger partial charge in [0.2, 0.25) is 0 Å². The molecule has 1 N–H and O–H groups in total. The van der Waals surface area contributed by atoms with Crippen LogP contribution in [0.2, 0.25) is 0 Å². The first kappa shape index (κ1) is 15.3. The van der Waals surface area contributed by atoms with Crippen molar-refractivity contribution in [2.45, 2.75) is 26.4 Å². The van der Waals surface area contributed by atoms with Gasteiger partial charge in [0.1, 0.15) is 0 Å². The molecule has 0 bridgehead atoms. The molecule has 0 unspecified atom stereocenters. The SMILES string of the molecule is CCOC(=O)c1csc2c1CCN(Cc1cnc3[nH]ncc3c1)C2. The van der Waals surface area contributed by atoms with Gasteiger partial charge in [0, 0.05) is 41.5 Å². The number of thiophene rings is 1. The minimum atomic E-state index is -0.196. The maximum atomic E-state index is 12.0. The predicted molar refractivity (Wildman–Crippen MR) is 92.0 cm³/mol. The maximum Gasteiger partial charge on any atom is 0.339 e. The molecule has 1 aliphatic rings. The molecule has 0 saturated heterocycles. The number of nitrogens with one attached hydrogen (secondary N) is 1. The van der Waals surface area contributed by atoms with Gasteiger partial charge in [0.15, 0.2) is 5.65 Å². The Labute approximate surface area is 143 Å². The summed E-state index contributed by atoms with van der Waals surface area (Å²) in [5, 5.41) is 9.85. The first-order valence-corrected chi connectivity index (χ1v) is 8.89. The number of hydrogen-bond donors (Lipinski definition) is 1. The number of fused-ring (bicyclic) bond motifs is 2. The van der Waals surface area contributed by atoms with E-state index < -0.39 is 0 Å². The number of H-pyrrole nitrogens is 1. The van der Waals surface area contributed by atoms with Gasteiger partial charge in [-0.1, -0.05) is 0 Å². The average molecular weight is 342 g/mol. The van der Waals surface area contributed by atoms with Crippen LogP contribution in [0.25, 0.3) is 11.0 Å². The molecular weight excluding hydrogens is 324 g/mol. The Hall–Kier alpha value is -2.25. The quantitative estimate of drug-likeness (QED) is 0.738. The standard InChI is InChI=1S/C17H18N4O2S/c1-2-23-17(22)14-10-24-15-9-21(4-3-13(14)15)8-11-5-12-7-19-20-16(12)18-6-11/h5-7,10H,2-4,8-9H2,1H3,(H,18,19,20). The number of ether oxygens (including phenoxy) is 1. The molecule has 1 aliphatic heterocycles. The van der Waals surface area contributed by atoms with Crippen molar-refractivity contribution < 1.29 is 9.53 Å². The van der Waals surface area contributed by atoms with Gasteiger partial charge >= 0.3 is 5.97 Å². The number of nitrogens with zero attached hydrogens (tertiary/aromatic N) is 3. The first-order chi connectivity index (χ1) is 11.7. The van der Waals surface area contributed by atoms with Gasteiger partial charge in [0.05, 0.1) is 18.4 Å². The zero-order chi connectivity index (χ0) is 16.5. The summed E-state index contributed by atoms with van der Waals surface area (Å²) in [6.07, 6.45) is 4.58. The fourth-order valence-electron chi connectivity index (χ4n) is 3.12. The number of rotatable bonds is 4. The number of aromatic amines is 1. The van der Waals surface area contributed by atoms with Crippen LogP contribution >= 0.6 is 11.3 Å². The lowest BCUT2D eigenvalue weighted by molar-refractivity contribution is 0.0525. The Balaban J connectivity index is 1.49. The monoisotopic (exact) mass is 342 g/mol. The highest BCUT2D eigenvalue weighted by Crippen LogP contribution is 2.30. The van der Waals surface area contributed by atoms with Crippen LogP contribution < -0.4 is 0 Å². The minimum Gasteiger partial charge on any atom is -0.462 e. The molecule has 0 amide bonds. The molecule has 4 rings (SSSR count). The van der Waals surface area contributed by atoms with Crippen molar-refractivity contribution in [2.24, 2.45) is 0 Å². The molecule has 0 atom stereocenters. The molecule has 3 aromatic rings. The summed E-state index contributed by atoms with van der Waals surface area (Å²) < 4.78 is 5.15. The highest BCUT2D eigenvalue weighted by molar-refractivity contribution is 7.10. The molecule has 3 aromatic heterocycles. The second-order valence-electron chi connectivity index (χ2n) is 5.88. The van der Waals surface area contributed by atoms with Crippen molar-refractivity contribution in [3.63, 3.8) is 0 Å². The summed E-state index contributed by atoms with van der Waals surface area (Å²) in [5.74, 6) is -0.196. The van der Waals surface area contributed by atoms with E-state index in [0.29, 0.717) is 6.61 Å². The van der Waals surface area contributed by atoms with Crippen LogP contribution in [-0.2, 0) is 24.2 Å². The molecule has 4 heterocycles.